The van der Waals surface area contributed by atoms with Crippen molar-refractivity contribution in [1.29, 1.82) is 0 Å². The molecular formula is C18H30N4O6S. The van der Waals surface area contributed by atoms with E-state index in [1.165, 1.54) is 9.80 Å². The van der Waals surface area contributed by atoms with Gasteiger partial charge in [-0.2, -0.15) is 11.8 Å². The molecule has 0 bridgehead atoms. The predicted molar refractivity (Wildman–Crippen MR) is 107 cm³/mol. The van der Waals surface area contributed by atoms with Gasteiger partial charge in [-0.1, -0.05) is 0 Å². The van der Waals surface area contributed by atoms with Crippen LogP contribution in [-0.4, -0.2) is 99.6 Å². The van der Waals surface area contributed by atoms with Gasteiger partial charge in [0.05, 0.1) is 12.6 Å². The standard InChI is InChI=1S/C18H30N4O6S/c1-29-9-6-11(19)16(25)22-8-3-5-14(22)17(26)21-7-2-4-13(21)15(24)20-12(10-23)18(27)28/h11-14,23H,2-10,19H2,1H3,(H,20,24)(H,27,28). The highest BCUT2D eigenvalue weighted by Gasteiger charge is 2.43. The van der Waals surface area contributed by atoms with Crippen molar-refractivity contribution in [3.8, 4) is 0 Å². The first-order chi connectivity index (χ1) is 13.8. The maximum Gasteiger partial charge on any atom is 0.328 e. The highest BCUT2D eigenvalue weighted by atomic mass is 32.2. The quantitative estimate of drug-likeness (QED) is 0.349. The van der Waals surface area contributed by atoms with Gasteiger partial charge >= 0.3 is 5.97 Å². The number of carbonyl (C=O) groups is 4. The van der Waals surface area contributed by atoms with Crippen LogP contribution < -0.4 is 11.1 Å². The lowest BCUT2D eigenvalue weighted by Crippen LogP contribution is -2.56. The van der Waals surface area contributed by atoms with E-state index in [9.17, 15) is 19.2 Å². The molecule has 0 spiro atoms. The molecule has 2 aliphatic rings. The van der Waals surface area contributed by atoms with Crippen LogP contribution in [-0.2, 0) is 19.2 Å². The summed E-state index contributed by atoms with van der Waals surface area (Å²) in [5.74, 6) is -1.75. The van der Waals surface area contributed by atoms with Gasteiger partial charge in [0.15, 0.2) is 0 Å². The Morgan fingerprint density at radius 2 is 1.76 bits per heavy atom. The van der Waals surface area contributed by atoms with Crippen molar-refractivity contribution >= 4 is 35.5 Å². The molecule has 4 unspecified atom stereocenters. The molecular weight excluding hydrogens is 400 g/mol. The molecule has 2 aliphatic heterocycles. The Balaban J connectivity index is 2.06. The van der Waals surface area contributed by atoms with E-state index in [4.69, 9.17) is 15.9 Å². The molecule has 11 heteroatoms. The topological polar surface area (TPSA) is 153 Å². The molecule has 2 rings (SSSR count). The van der Waals surface area contributed by atoms with Crippen LogP contribution in [0.15, 0.2) is 0 Å². The van der Waals surface area contributed by atoms with Gasteiger partial charge in [0.2, 0.25) is 17.7 Å². The Morgan fingerprint density at radius 1 is 1.14 bits per heavy atom. The fourth-order valence-electron chi connectivity index (χ4n) is 3.82. The van der Waals surface area contributed by atoms with E-state index in [0.717, 1.165) is 5.75 Å². The van der Waals surface area contributed by atoms with E-state index in [-0.39, 0.29) is 11.8 Å². The second-order valence-electron chi connectivity index (χ2n) is 7.35. The normalized spacial score (nSPS) is 23.7. The highest BCUT2D eigenvalue weighted by Crippen LogP contribution is 2.25. The summed E-state index contributed by atoms with van der Waals surface area (Å²) >= 11 is 1.60. The van der Waals surface area contributed by atoms with Crippen molar-refractivity contribution in [3.05, 3.63) is 0 Å². The summed E-state index contributed by atoms with van der Waals surface area (Å²) in [5, 5.41) is 20.4. The number of carboxylic acids is 1. The molecule has 0 aromatic rings. The fraction of sp³-hybridized carbons (Fsp3) is 0.778. The average Bonchev–Trinajstić information content (AvgIpc) is 3.38. The van der Waals surface area contributed by atoms with Crippen molar-refractivity contribution in [3.63, 3.8) is 0 Å². The molecule has 164 valence electrons. The number of rotatable bonds is 9. The highest BCUT2D eigenvalue weighted by molar-refractivity contribution is 7.98. The SMILES string of the molecule is CSCCC(N)C(=O)N1CCCC1C(=O)N1CCCC1C(=O)NC(CO)C(=O)O. The largest absolute Gasteiger partial charge is 0.480 e. The molecule has 0 saturated carbocycles. The summed E-state index contributed by atoms with van der Waals surface area (Å²) in [6.45, 7) is 0.0872. The third kappa shape index (κ3) is 5.61. The number of nitrogens with zero attached hydrogens (tertiary/aromatic N) is 2. The number of likely N-dealkylation sites (tertiary alicyclic amines) is 2. The number of aliphatic carboxylic acids is 1. The molecule has 29 heavy (non-hydrogen) atoms. The van der Waals surface area contributed by atoms with Crippen molar-refractivity contribution in [1.82, 2.24) is 15.1 Å². The van der Waals surface area contributed by atoms with Crippen LogP contribution >= 0.6 is 11.8 Å². The lowest BCUT2D eigenvalue weighted by molar-refractivity contribution is -0.148. The van der Waals surface area contributed by atoms with Crippen LogP contribution in [0.25, 0.3) is 0 Å². The monoisotopic (exact) mass is 430 g/mol. The Kier molecular flexibility index (Phi) is 8.72. The fourth-order valence-corrected chi connectivity index (χ4v) is 4.31. The van der Waals surface area contributed by atoms with E-state index in [1.807, 2.05) is 6.26 Å². The van der Waals surface area contributed by atoms with Crippen LogP contribution in [0.5, 0.6) is 0 Å². The molecule has 2 heterocycles. The number of aliphatic hydroxyl groups is 1. The minimum Gasteiger partial charge on any atom is -0.480 e. The first kappa shape index (κ1) is 23.4. The van der Waals surface area contributed by atoms with E-state index in [2.05, 4.69) is 5.32 Å². The molecule has 10 nitrogen and oxygen atoms in total. The maximum atomic E-state index is 13.1. The van der Waals surface area contributed by atoms with Gasteiger partial charge in [-0.05, 0) is 44.1 Å². The predicted octanol–water partition coefficient (Wildman–Crippen LogP) is -1.39. The molecule has 3 amide bonds. The van der Waals surface area contributed by atoms with Crippen LogP contribution in [0.4, 0.5) is 0 Å². The summed E-state index contributed by atoms with van der Waals surface area (Å²) in [5.41, 5.74) is 6.00. The van der Waals surface area contributed by atoms with Crippen LogP contribution in [0.2, 0.25) is 0 Å². The molecule has 0 radical (unpaired) electrons. The molecule has 0 aromatic carbocycles. The first-order valence-corrected chi connectivity index (χ1v) is 11.2. The summed E-state index contributed by atoms with van der Waals surface area (Å²) in [7, 11) is 0. The number of hydrogen-bond donors (Lipinski definition) is 4. The molecule has 5 N–H and O–H groups in total. The smallest absolute Gasteiger partial charge is 0.328 e. The van der Waals surface area contributed by atoms with Crippen molar-refractivity contribution in [2.24, 2.45) is 5.73 Å². The summed E-state index contributed by atoms with van der Waals surface area (Å²) in [6, 6.07) is -3.53. The molecule has 0 aromatic heterocycles. The van der Waals surface area contributed by atoms with Gasteiger partial charge in [0.1, 0.15) is 18.1 Å². The average molecular weight is 431 g/mol. The maximum absolute atomic E-state index is 13.1. The number of thioether (sulfide) groups is 1. The number of carboxylic acid groups (broad SMARTS) is 1. The van der Waals surface area contributed by atoms with E-state index in [1.54, 1.807) is 11.8 Å². The van der Waals surface area contributed by atoms with Gasteiger partial charge in [0.25, 0.3) is 0 Å². The summed E-state index contributed by atoms with van der Waals surface area (Å²) in [4.78, 5) is 52.4. The zero-order valence-corrected chi connectivity index (χ0v) is 17.4. The molecule has 0 aliphatic carbocycles. The zero-order valence-electron chi connectivity index (χ0n) is 16.6. The molecule has 2 saturated heterocycles. The van der Waals surface area contributed by atoms with Gasteiger partial charge in [-0.25, -0.2) is 4.79 Å². The second-order valence-corrected chi connectivity index (χ2v) is 8.33. The lowest BCUT2D eigenvalue weighted by Gasteiger charge is -2.32. The van der Waals surface area contributed by atoms with Crippen molar-refractivity contribution in [2.75, 3.05) is 31.7 Å². The van der Waals surface area contributed by atoms with Gasteiger partial charge < -0.3 is 31.1 Å². The van der Waals surface area contributed by atoms with Crippen LogP contribution in [0.1, 0.15) is 32.1 Å². The van der Waals surface area contributed by atoms with E-state index < -0.39 is 42.7 Å². The summed E-state index contributed by atoms with van der Waals surface area (Å²) < 4.78 is 0. The number of nitrogens with one attached hydrogen (secondary N) is 1. The lowest BCUT2D eigenvalue weighted by atomic mass is 10.1. The number of nitrogens with two attached hydrogens (primary N) is 1. The number of aliphatic hydroxyl groups excluding tert-OH is 1. The van der Waals surface area contributed by atoms with Gasteiger partial charge in [0, 0.05) is 13.1 Å². The summed E-state index contributed by atoms with van der Waals surface area (Å²) in [6.07, 6.45) is 4.68. The van der Waals surface area contributed by atoms with Crippen LogP contribution in [0, 0.1) is 0 Å². The number of carbonyl (C=O) groups excluding carboxylic acids is 3. The molecule has 4 atom stereocenters. The van der Waals surface area contributed by atoms with Gasteiger partial charge in [-0.3, -0.25) is 14.4 Å². The third-order valence-corrected chi connectivity index (χ3v) is 6.05. The zero-order chi connectivity index (χ0) is 21.6. The van der Waals surface area contributed by atoms with E-state index in [0.29, 0.717) is 45.2 Å². The Morgan fingerprint density at radius 3 is 2.34 bits per heavy atom. The van der Waals surface area contributed by atoms with E-state index >= 15 is 0 Å². The minimum absolute atomic E-state index is 0.249. The van der Waals surface area contributed by atoms with Gasteiger partial charge in [-0.15, -0.1) is 0 Å². The molecule has 2 fully saturated rings. The Bertz CT molecular complexity index is 633. The first-order valence-electron chi connectivity index (χ1n) is 9.81. The Labute approximate surface area is 174 Å². The second kappa shape index (κ2) is 10.8. The third-order valence-electron chi connectivity index (χ3n) is 5.41. The number of hydrogen-bond acceptors (Lipinski definition) is 7. The minimum atomic E-state index is -1.42. The Hall–Kier alpha value is -1.85. The van der Waals surface area contributed by atoms with Crippen molar-refractivity contribution < 1.29 is 29.4 Å². The van der Waals surface area contributed by atoms with Crippen molar-refractivity contribution in [2.45, 2.75) is 56.3 Å². The van der Waals surface area contributed by atoms with Crippen LogP contribution in [0.3, 0.4) is 0 Å². The number of amides is 3.